The van der Waals surface area contributed by atoms with E-state index in [0.29, 0.717) is 0 Å². The maximum atomic E-state index is 5.17. The molecule has 0 spiro atoms. The Bertz CT molecular complexity index is 260. The summed E-state index contributed by atoms with van der Waals surface area (Å²) < 4.78 is 5.17. The second kappa shape index (κ2) is 6.77. The third kappa shape index (κ3) is 4.05. The van der Waals surface area contributed by atoms with Crippen molar-refractivity contribution in [2.45, 2.75) is 25.5 Å². The van der Waals surface area contributed by atoms with Gasteiger partial charge < -0.3 is 4.74 Å². The number of thioether (sulfide) groups is 1. The number of benzene rings is 1. The molecule has 0 aliphatic heterocycles. The lowest BCUT2D eigenvalue weighted by atomic mass is 10.2. The van der Waals surface area contributed by atoms with Crippen LogP contribution in [0.15, 0.2) is 24.3 Å². The summed E-state index contributed by atoms with van der Waals surface area (Å²) in [7, 11) is 1.71. The summed E-state index contributed by atoms with van der Waals surface area (Å²) in [5.74, 6) is 3.31. The lowest BCUT2D eigenvalue weighted by Crippen LogP contribution is -1.86. The fourth-order valence-electron chi connectivity index (χ4n) is 1.20. The molecule has 0 atom stereocenters. The van der Waals surface area contributed by atoms with Gasteiger partial charge in [-0.05, 0) is 29.9 Å². The first-order valence-corrected chi connectivity index (χ1v) is 6.23. The second-order valence-corrected chi connectivity index (χ2v) is 4.36. The van der Waals surface area contributed by atoms with Crippen molar-refractivity contribution in [2.75, 3.05) is 12.9 Å². The Morgan fingerprint density at radius 1 is 1.36 bits per heavy atom. The number of unbranched alkanes of at least 4 members (excludes halogenated alkanes) is 1. The summed E-state index contributed by atoms with van der Waals surface area (Å²) in [5, 5.41) is 0. The van der Waals surface area contributed by atoms with E-state index in [-0.39, 0.29) is 0 Å². The first-order chi connectivity index (χ1) is 6.86. The van der Waals surface area contributed by atoms with Crippen molar-refractivity contribution in [2.24, 2.45) is 0 Å². The SMILES string of the molecule is CCCCSCc1cccc(OC)c1. The Balaban J connectivity index is 2.34. The molecule has 0 unspecified atom stereocenters. The predicted molar refractivity (Wildman–Crippen MR) is 64.1 cm³/mol. The highest BCUT2D eigenvalue weighted by atomic mass is 32.2. The molecular formula is C12H18OS. The van der Waals surface area contributed by atoms with Crippen molar-refractivity contribution >= 4 is 11.8 Å². The third-order valence-electron chi connectivity index (χ3n) is 2.05. The molecular weight excluding hydrogens is 192 g/mol. The van der Waals surface area contributed by atoms with Crippen molar-refractivity contribution in [3.8, 4) is 5.75 Å². The molecule has 0 aliphatic carbocycles. The maximum Gasteiger partial charge on any atom is 0.119 e. The van der Waals surface area contributed by atoms with Crippen LogP contribution in [-0.4, -0.2) is 12.9 Å². The van der Waals surface area contributed by atoms with E-state index in [0.717, 1.165) is 11.5 Å². The lowest BCUT2D eigenvalue weighted by Gasteiger charge is -2.03. The van der Waals surface area contributed by atoms with Crippen LogP contribution in [0.1, 0.15) is 25.3 Å². The van der Waals surface area contributed by atoms with Gasteiger partial charge in [0, 0.05) is 5.75 Å². The van der Waals surface area contributed by atoms with E-state index in [9.17, 15) is 0 Å². The van der Waals surface area contributed by atoms with Crippen molar-refractivity contribution < 1.29 is 4.74 Å². The van der Waals surface area contributed by atoms with E-state index in [1.165, 1.54) is 24.2 Å². The van der Waals surface area contributed by atoms with Crippen LogP contribution in [-0.2, 0) is 5.75 Å². The van der Waals surface area contributed by atoms with Crippen LogP contribution in [0.2, 0.25) is 0 Å². The van der Waals surface area contributed by atoms with Crippen LogP contribution in [0.25, 0.3) is 0 Å². The molecule has 0 heterocycles. The minimum atomic E-state index is 0.957. The van der Waals surface area contributed by atoms with Gasteiger partial charge in [0.2, 0.25) is 0 Å². The zero-order valence-electron chi connectivity index (χ0n) is 8.95. The van der Waals surface area contributed by atoms with Crippen molar-refractivity contribution in [3.05, 3.63) is 29.8 Å². The van der Waals surface area contributed by atoms with Crippen LogP contribution in [0, 0.1) is 0 Å². The molecule has 0 saturated heterocycles. The average Bonchev–Trinajstić information content (AvgIpc) is 2.25. The van der Waals surface area contributed by atoms with Gasteiger partial charge in [0.15, 0.2) is 0 Å². The van der Waals surface area contributed by atoms with Crippen LogP contribution in [0.5, 0.6) is 5.75 Å². The zero-order chi connectivity index (χ0) is 10.2. The summed E-state index contributed by atoms with van der Waals surface area (Å²) in [5.41, 5.74) is 1.35. The van der Waals surface area contributed by atoms with E-state index in [1.807, 2.05) is 17.8 Å². The minimum absolute atomic E-state index is 0.957. The number of rotatable bonds is 6. The first kappa shape index (κ1) is 11.4. The monoisotopic (exact) mass is 210 g/mol. The molecule has 1 aromatic rings. The molecule has 0 radical (unpaired) electrons. The first-order valence-electron chi connectivity index (χ1n) is 5.07. The van der Waals surface area contributed by atoms with Crippen molar-refractivity contribution in [1.82, 2.24) is 0 Å². The molecule has 14 heavy (non-hydrogen) atoms. The minimum Gasteiger partial charge on any atom is -0.497 e. The second-order valence-electron chi connectivity index (χ2n) is 3.26. The van der Waals surface area contributed by atoms with Crippen LogP contribution >= 0.6 is 11.8 Å². The van der Waals surface area contributed by atoms with Gasteiger partial charge in [0.1, 0.15) is 5.75 Å². The van der Waals surface area contributed by atoms with Gasteiger partial charge in [0.25, 0.3) is 0 Å². The van der Waals surface area contributed by atoms with E-state index in [1.54, 1.807) is 7.11 Å². The van der Waals surface area contributed by atoms with Gasteiger partial charge >= 0.3 is 0 Å². The van der Waals surface area contributed by atoms with Crippen LogP contribution in [0.4, 0.5) is 0 Å². The largest absolute Gasteiger partial charge is 0.497 e. The molecule has 0 saturated carbocycles. The van der Waals surface area contributed by atoms with E-state index < -0.39 is 0 Å². The summed E-state index contributed by atoms with van der Waals surface area (Å²) in [4.78, 5) is 0. The van der Waals surface area contributed by atoms with Gasteiger partial charge in [-0.1, -0.05) is 25.5 Å². The molecule has 0 bridgehead atoms. The molecule has 1 aromatic carbocycles. The van der Waals surface area contributed by atoms with Crippen LogP contribution in [0.3, 0.4) is 0 Å². The Morgan fingerprint density at radius 3 is 2.93 bits per heavy atom. The highest BCUT2D eigenvalue weighted by Gasteiger charge is 1.95. The predicted octanol–water partition coefficient (Wildman–Crippen LogP) is 3.73. The Labute approximate surface area is 90.9 Å². The summed E-state index contributed by atoms with van der Waals surface area (Å²) in [6.45, 7) is 2.23. The molecule has 2 heteroatoms. The normalized spacial score (nSPS) is 10.1. The fourth-order valence-corrected chi connectivity index (χ4v) is 2.25. The van der Waals surface area contributed by atoms with Crippen LogP contribution < -0.4 is 4.74 Å². The van der Waals surface area contributed by atoms with Crippen molar-refractivity contribution in [3.63, 3.8) is 0 Å². The number of ether oxygens (including phenoxy) is 1. The standard InChI is InChI=1S/C12H18OS/c1-3-4-8-14-10-11-6-5-7-12(9-11)13-2/h5-7,9H,3-4,8,10H2,1-2H3. The highest BCUT2D eigenvalue weighted by molar-refractivity contribution is 7.98. The zero-order valence-corrected chi connectivity index (χ0v) is 9.77. The number of hydrogen-bond acceptors (Lipinski definition) is 2. The Hall–Kier alpha value is -0.630. The van der Waals surface area contributed by atoms with E-state index >= 15 is 0 Å². The molecule has 0 fully saturated rings. The Kier molecular flexibility index (Phi) is 5.53. The molecule has 78 valence electrons. The average molecular weight is 210 g/mol. The van der Waals surface area contributed by atoms with Gasteiger partial charge in [-0.25, -0.2) is 0 Å². The maximum absolute atomic E-state index is 5.17. The summed E-state index contributed by atoms with van der Waals surface area (Å²) in [6, 6.07) is 8.30. The van der Waals surface area contributed by atoms with E-state index in [2.05, 4.69) is 25.1 Å². The van der Waals surface area contributed by atoms with Gasteiger partial charge in [-0.2, -0.15) is 11.8 Å². The molecule has 0 N–H and O–H groups in total. The molecule has 0 aliphatic rings. The van der Waals surface area contributed by atoms with Gasteiger partial charge in [-0.3, -0.25) is 0 Å². The fraction of sp³-hybridized carbons (Fsp3) is 0.500. The molecule has 1 rings (SSSR count). The Morgan fingerprint density at radius 2 is 2.21 bits per heavy atom. The molecule has 0 amide bonds. The van der Waals surface area contributed by atoms with E-state index in [4.69, 9.17) is 4.74 Å². The quantitative estimate of drug-likeness (QED) is 0.662. The topological polar surface area (TPSA) is 9.23 Å². The lowest BCUT2D eigenvalue weighted by molar-refractivity contribution is 0.414. The smallest absolute Gasteiger partial charge is 0.119 e. The molecule has 1 nitrogen and oxygen atoms in total. The highest BCUT2D eigenvalue weighted by Crippen LogP contribution is 2.18. The number of methoxy groups -OCH3 is 1. The number of hydrogen-bond donors (Lipinski definition) is 0. The summed E-state index contributed by atoms with van der Waals surface area (Å²) >= 11 is 1.99. The van der Waals surface area contributed by atoms with Gasteiger partial charge in [0.05, 0.1) is 7.11 Å². The third-order valence-corrected chi connectivity index (χ3v) is 3.16. The van der Waals surface area contributed by atoms with Crippen molar-refractivity contribution in [1.29, 1.82) is 0 Å². The summed E-state index contributed by atoms with van der Waals surface area (Å²) in [6.07, 6.45) is 2.60. The van der Waals surface area contributed by atoms with Gasteiger partial charge in [-0.15, -0.1) is 0 Å². The molecule has 0 aromatic heterocycles.